The molecule has 0 radical (unpaired) electrons. The number of aromatic nitrogens is 3. The first kappa shape index (κ1) is 25.1. The molecule has 2 heterocycles. The largest absolute Gasteiger partial charge is 0.416 e. The quantitative estimate of drug-likeness (QED) is 0.267. The predicted octanol–water partition coefficient (Wildman–Crippen LogP) is 4.76. The third-order valence-electron chi connectivity index (χ3n) is 4.40. The first-order chi connectivity index (χ1) is 14.2. The maximum absolute atomic E-state index is 13.7. The zero-order valence-electron chi connectivity index (χ0n) is 17.5. The van der Waals surface area contributed by atoms with Gasteiger partial charge >= 0.3 is 6.18 Å². The zero-order valence-corrected chi connectivity index (χ0v) is 20.7. The summed E-state index contributed by atoms with van der Waals surface area (Å²) >= 11 is 1.55. The summed E-state index contributed by atoms with van der Waals surface area (Å²) in [5.74, 6) is 0.401. The normalized spacial score (nSPS) is 11.9. The Hall–Kier alpha value is -2.15. The molecule has 0 spiro atoms. The highest BCUT2D eigenvalue weighted by Crippen LogP contribution is 2.33. The minimum atomic E-state index is -4.49. The monoisotopic (exact) mass is 564 g/mol. The molecule has 11 heteroatoms. The molecule has 6 nitrogen and oxygen atoms in total. The second kappa shape index (κ2) is 10.4. The molecule has 0 bridgehead atoms. The van der Waals surface area contributed by atoms with Gasteiger partial charge in [-0.2, -0.15) is 18.3 Å². The summed E-state index contributed by atoms with van der Waals surface area (Å²) in [7, 11) is 1.57. The van der Waals surface area contributed by atoms with Crippen molar-refractivity contribution in [3.8, 4) is 5.69 Å². The van der Waals surface area contributed by atoms with Crippen LogP contribution in [0.3, 0.4) is 0 Å². The molecule has 3 aromatic rings. The molecule has 2 N–H and O–H groups in total. The summed E-state index contributed by atoms with van der Waals surface area (Å²) in [6.45, 7) is 5.99. The summed E-state index contributed by atoms with van der Waals surface area (Å²) in [5, 5.41) is 11.2. The lowest BCUT2D eigenvalue weighted by Gasteiger charge is -2.17. The number of rotatable bonds is 5. The molecule has 0 unspecified atom stereocenters. The van der Waals surface area contributed by atoms with Gasteiger partial charge in [-0.15, -0.1) is 35.3 Å². The van der Waals surface area contributed by atoms with E-state index in [1.165, 1.54) is 10.7 Å². The van der Waals surface area contributed by atoms with Crippen molar-refractivity contribution in [2.75, 3.05) is 7.05 Å². The van der Waals surface area contributed by atoms with Crippen LogP contribution in [0.4, 0.5) is 13.2 Å². The fourth-order valence-corrected chi connectivity index (χ4v) is 3.77. The molecular weight excluding hydrogens is 540 g/mol. The summed E-state index contributed by atoms with van der Waals surface area (Å²) in [4.78, 5) is 9.41. The average molecular weight is 564 g/mol. The Morgan fingerprint density at radius 3 is 2.39 bits per heavy atom. The van der Waals surface area contributed by atoms with Gasteiger partial charge < -0.3 is 10.6 Å². The van der Waals surface area contributed by atoms with Gasteiger partial charge in [0, 0.05) is 30.4 Å². The number of aryl methyl sites for hydroxylation is 3. The Morgan fingerprint density at radius 2 is 1.84 bits per heavy atom. The lowest BCUT2D eigenvalue weighted by Crippen LogP contribution is -2.36. The molecule has 168 valence electrons. The van der Waals surface area contributed by atoms with Crippen LogP contribution in [0, 0.1) is 20.8 Å². The first-order valence-electron chi connectivity index (χ1n) is 9.27. The topological polar surface area (TPSA) is 67.1 Å². The number of alkyl halides is 3. The highest BCUT2D eigenvalue weighted by atomic mass is 127. The van der Waals surface area contributed by atoms with E-state index >= 15 is 0 Å². The van der Waals surface area contributed by atoms with Gasteiger partial charge in [-0.3, -0.25) is 4.99 Å². The Morgan fingerprint density at radius 1 is 1.13 bits per heavy atom. The fraction of sp³-hybridized carbons (Fsp3) is 0.350. The Kier molecular flexibility index (Phi) is 8.46. The van der Waals surface area contributed by atoms with Crippen LogP contribution in [-0.2, 0) is 19.3 Å². The number of aliphatic imine (C=N–C) groups is 1. The van der Waals surface area contributed by atoms with Gasteiger partial charge in [-0.05, 0) is 44.5 Å². The first-order valence-corrected chi connectivity index (χ1v) is 10.1. The van der Waals surface area contributed by atoms with Crippen molar-refractivity contribution < 1.29 is 13.2 Å². The molecule has 3 rings (SSSR count). The van der Waals surface area contributed by atoms with Crippen molar-refractivity contribution in [3.05, 3.63) is 62.9 Å². The summed E-state index contributed by atoms with van der Waals surface area (Å²) in [6.07, 6.45) is -2.71. The van der Waals surface area contributed by atoms with Gasteiger partial charge in [0.15, 0.2) is 5.96 Å². The van der Waals surface area contributed by atoms with E-state index in [-0.39, 0.29) is 36.1 Å². The molecule has 0 aliphatic heterocycles. The van der Waals surface area contributed by atoms with E-state index in [1.807, 2.05) is 19.9 Å². The Balaban J connectivity index is 0.00000341. The lowest BCUT2D eigenvalue weighted by atomic mass is 10.1. The van der Waals surface area contributed by atoms with Crippen LogP contribution in [0.1, 0.15) is 32.4 Å². The van der Waals surface area contributed by atoms with Crippen LogP contribution in [0.2, 0.25) is 0 Å². The number of benzene rings is 1. The van der Waals surface area contributed by atoms with Crippen LogP contribution in [0.25, 0.3) is 5.69 Å². The van der Waals surface area contributed by atoms with Crippen LogP contribution in [-0.4, -0.2) is 27.8 Å². The van der Waals surface area contributed by atoms with E-state index in [4.69, 9.17) is 0 Å². The van der Waals surface area contributed by atoms with Crippen molar-refractivity contribution in [1.29, 1.82) is 0 Å². The van der Waals surface area contributed by atoms with Gasteiger partial charge in [0.1, 0.15) is 5.01 Å². The molecule has 2 aromatic heterocycles. The van der Waals surface area contributed by atoms with Crippen LogP contribution < -0.4 is 10.6 Å². The van der Waals surface area contributed by atoms with Crippen molar-refractivity contribution >= 4 is 41.3 Å². The summed E-state index contributed by atoms with van der Waals surface area (Å²) in [5.41, 5.74) is 1.32. The molecule has 0 fully saturated rings. The average Bonchev–Trinajstić information content (AvgIpc) is 3.25. The Labute approximate surface area is 200 Å². The Bertz CT molecular complexity index is 1060. The maximum atomic E-state index is 13.7. The van der Waals surface area contributed by atoms with E-state index in [0.29, 0.717) is 18.2 Å². The molecular formula is C20H24F3IN6S. The second-order valence-corrected chi connectivity index (χ2v) is 8.14. The molecule has 0 aliphatic carbocycles. The molecule has 0 amide bonds. The number of guanidine groups is 1. The third-order valence-corrected chi connectivity index (χ3v) is 5.31. The standard InChI is InChI=1S/C20H23F3N6S.HI/c1-12-7-13(2)29(28-12)16-6-5-15(17(8-16)20(21,22)23)10-26-19(24-4)27-11-18-25-9-14(3)30-18;/h5-9H,10-11H2,1-4H3,(H2,24,26,27);1H. The number of hydrogen-bond acceptors (Lipinski definition) is 4. The fourth-order valence-electron chi connectivity index (χ4n) is 3.05. The molecule has 0 atom stereocenters. The maximum Gasteiger partial charge on any atom is 0.416 e. The lowest BCUT2D eigenvalue weighted by molar-refractivity contribution is -0.138. The van der Waals surface area contributed by atoms with E-state index < -0.39 is 11.7 Å². The van der Waals surface area contributed by atoms with Gasteiger partial charge in [-0.25, -0.2) is 9.67 Å². The van der Waals surface area contributed by atoms with E-state index in [0.717, 1.165) is 27.3 Å². The van der Waals surface area contributed by atoms with Crippen LogP contribution in [0.15, 0.2) is 35.5 Å². The number of thiazole rings is 1. The molecule has 31 heavy (non-hydrogen) atoms. The van der Waals surface area contributed by atoms with Gasteiger partial charge in [0.05, 0.1) is 23.5 Å². The molecule has 0 aliphatic rings. The van der Waals surface area contributed by atoms with Crippen molar-refractivity contribution in [2.24, 2.45) is 4.99 Å². The van der Waals surface area contributed by atoms with Gasteiger partial charge in [-0.1, -0.05) is 6.07 Å². The third kappa shape index (κ3) is 6.42. The van der Waals surface area contributed by atoms with Crippen molar-refractivity contribution in [1.82, 2.24) is 25.4 Å². The van der Waals surface area contributed by atoms with E-state index in [2.05, 4.69) is 25.7 Å². The van der Waals surface area contributed by atoms with Crippen molar-refractivity contribution in [3.63, 3.8) is 0 Å². The van der Waals surface area contributed by atoms with Gasteiger partial charge in [0.2, 0.25) is 0 Å². The predicted molar refractivity (Wildman–Crippen MR) is 127 cm³/mol. The number of hydrogen-bond donors (Lipinski definition) is 2. The van der Waals surface area contributed by atoms with E-state index in [1.54, 1.807) is 37.6 Å². The van der Waals surface area contributed by atoms with Crippen molar-refractivity contribution in [2.45, 2.75) is 40.0 Å². The molecule has 0 saturated carbocycles. The molecule has 1 aromatic carbocycles. The zero-order chi connectivity index (χ0) is 21.9. The van der Waals surface area contributed by atoms with E-state index in [9.17, 15) is 13.2 Å². The van der Waals surface area contributed by atoms with Crippen LogP contribution in [0.5, 0.6) is 0 Å². The van der Waals surface area contributed by atoms with Gasteiger partial charge in [0.25, 0.3) is 0 Å². The summed E-state index contributed by atoms with van der Waals surface area (Å²) < 4.78 is 42.7. The minimum Gasteiger partial charge on any atom is -0.352 e. The number of nitrogens with one attached hydrogen (secondary N) is 2. The number of nitrogens with zero attached hydrogens (tertiary/aromatic N) is 4. The summed E-state index contributed by atoms with van der Waals surface area (Å²) in [6, 6.07) is 6.06. The number of halogens is 4. The SMILES string of the molecule is CN=C(NCc1ncc(C)s1)NCc1ccc(-n2nc(C)cc2C)cc1C(F)(F)F.I. The van der Waals surface area contributed by atoms with Crippen LogP contribution >= 0.6 is 35.3 Å². The highest BCUT2D eigenvalue weighted by molar-refractivity contribution is 14.0. The second-order valence-electron chi connectivity index (χ2n) is 6.82. The highest BCUT2D eigenvalue weighted by Gasteiger charge is 2.33. The minimum absolute atomic E-state index is 0. The molecule has 0 saturated heterocycles. The smallest absolute Gasteiger partial charge is 0.352 e.